The SMILES string of the molecule is CCNC(=NCC(O)c1ccc(OC(C)C)cc1)NCCN(C)CCOC.I. The van der Waals surface area contributed by atoms with Crippen LogP contribution in [0.3, 0.4) is 0 Å². The fraction of sp³-hybridized carbons (Fsp3) is 0.650. The number of hydrogen-bond donors (Lipinski definition) is 3. The summed E-state index contributed by atoms with van der Waals surface area (Å²) in [4.78, 5) is 6.68. The standard InChI is InChI=1S/C20H36N4O3.HI/c1-6-21-20(22-11-12-24(4)13-14-26-5)23-15-19(25)17-7-9-18(10-8-17)27-16(2)3;/h7-10,16,19,25H,6,11-15H2,1-5H3,(H2,21,22,23);1H. The van der Waals surface area contributed by atoms with Gasteiger partial charge < -0.3 is 30.1 Å². The van der Waals surface area contributed by atoms with Gasteiger partial charge in [-0.05, 0) is 45.5 Å². The lowest BCUT2D eigenvalue weighted by Crippen LogP contribution is -2.41. The first-order valence-corrected chi connectivity index (χ1v) is 9.60. The topological polar surface area (TPSA) is 78.4 Å². The summed E-state index contributed by atoms with van der Waals surface area (Å²) in [5.74, 6) is 1.51. The zero-order valence-corrected chi connectivity index (χ0v) is 20.1. The van der Waals surface area contributed by atoms with E-state index in [9.17, 15) is 5.11 Å². The maximum Gasteiger partial charge on any atom is 0.191 e. The minimum Gasteiger partial charge on any atom is -0.491 e. The Morgan fingerprint density at radius 3 is 2.43 bits per heavy atom. The number of methoxy groups -OCH3 is 1. The molecule has 0 amide bonds. The highest BCUT2D eigenvalue weighted by Gasteiger charge is 2.08. The molecule has 3 N–H and O–H groups in total. The molecule has 0 saturated carbocycles. The van der Waals surface area contributed by atoms with Gasteiger partial charge in [-0.3, -0.25) is 4.99 Å². The maximum atomic E-state index is 10.4. The molecule has 162 valence electrons. The predicted octanol–water partition coefficient (Wildman–Crippen LogP) is 2.26. The van der Waals surface area contributed by atoms with Gasteiger partial charge in [-0.25, -0.2) is 0 Å². The molecule has 8 heteroatoms. The second kappa shape index (κ2) is 15.8. The van der Waals surface area contributed by atoms with Crippen LogP contribution < -0.4 is 15.4 Å². The van der Waals surface area contributed by atoms with E-state index in [2.05, 4.69) is 27.6 Å². The Hall–Kier alpha value is -1.10. The molecular weight excluding hydrogens is 471 g/mol. The van der Waals surface area contributed by atoms with Gasteiger partial charge in [0.1, 0.15) is 5.75 Å². The summed E-state index contributed by atoms with van der Waals surface area (Å²) >= 11 is 0. The number of nitrogens with zero attached hydrogens (tertiary/aromatic N) is 2. The molecule has 0 aliphatic rings. The minimum absolute atomic E-state index is 0. The van der Waals surface area contributed by atoms with Gasteiger partial charge in [-0.1, -0.05) is 12.1 Å². The molecule has 0 bridgehead atoms. The molecule has 0 heterocycles. The van der Waals surface area contributed by atoms with Gasteiger partial charge in [0.15, 0.2) is 5.96 Å². The Bertz CT molecular complexity index is 541. The van der Waals surface area contributed by atoms with Crippen molar-refractivity contribution in [3.63, 3.8) is 0 Å². The number of guanidine groups is 1. The second-order valence-electron chi connectivity index (χ2n) is 6.69. The number of likely N-dealkylation sites (N-methyl/N-ethyl adjacent to an activating group) is 1. The van der Waals surface area contributed by atoms with Crippen LogP contribution >= 0.6 is 24.0 Å². The summed E-state index contributed by atoms with van der Waals surface area (Å²) < 4.78 is 10.7. The molecule has 1 rings (SSSR count). The number of nitrogens with one attached hydrogen (secondary N) is 2. The number of ether oxygens (including phenoxy) is 2. The van der Waals surface area contributed by atoms with Crippen molar-refractivity contribution in [2.45, 2.75) is 33.0 Å². The number of halogens is 1. The van der Waals surface area contributed by atoms with Crippen molar-refractivity contribution in [1.29, 1.82) is 0 Å². The van der Waals surface area contributed by atoms with Gasteiger partial charge in [0.25, 0.3) is 0 Å². The molecule has 1 aromatic carbocycles. The van der Waals surface area contributed by atoms with E-state index in [1.165, 1.54) is 0 Å². The van der Waals surface area contributed by atoms with Crippen LogP contribution in [0.4, 0.5) is 0 Å². The quantitative estimate of drug-likeness (QED) is 0.229. The van der Waals surface area contributed by atoms with Crippen LogP contribution in [0.1, 0.15) is 32.4 Å². The third-order valence-electron chi connectivity index (χ3n) is 3.87. The molecule has 0 aliphatic carbocycles. The number of aliphatic hydroxyl groups is 1. The van der Waals surface area contributed by atoms with Crippen molar-refractivity contribution < 1.29 is 14.6 Å². The number of rotatable bonds is 12. The van der Waals surface area contributed by atoms with E-state index in [1.807, 2.05) is 45.0 Å². The summed E-state index contributed by atoms with van der Waals surface area (Å²) in [6.07, 6.45) is -0.523. The van der Waals surface area contributed by atoms with E-state index in [4.69, 9.17) is 9.47 Å². The highest BCUT2D eigenvalue weighted by atomic mass is 127. The number of benzene rings is 1. The average molecular weight is 508 g/mol. The zero-order chi connectivity index (χ0) is 20.1. The third kappa shape index (κ3) is 11.7. The van der Waals surface area contributed by atoms with Gasteiger partial charge in [0.2, 0.25) is 0 Å². The summed E-state index contributed by atoms with van der Waals surface area (Å²) in [6.45, 7) is 10.3. The smallest absolute Gasteiger partial charge is 0.191 e. The molecule has 28 heavy (non-hydrogen) atoms. The monoisotopic (exact) mass is 508 g/mol. The van der Waals surface area contributed by atoms with Gasteiger partial charge >= 0.3 is 0 Å². The lowest BCUT2D eigenvalue weighted by molar-refractivity contribution is 0.162. The van der Waals surface area contributed by atoms with Gasteiger partial charge in [0, 0.05) is 33.3 Å². The van der Waals surface area contributed by atoms with Crippen LogP contribution in [-0.4, -0.2) is 75.6 Å². The highest BCUT2D eigenvalue weighted by molar-refractivity contribution is 14.0. The molecule has 0 saturated heterocycles. The van der Waals surface area contributed by atoms with E-state index >= 15 is 0 Å². The van der Waals surface area contributed by atoms with E-state index in [-0.39, 0.29) is 30.1 Å². The van der Waals surface area contributed by atoms with Crippen molar-refractivity contribution >= 4 is 29.9 Å². The molecule has 0 radical (unpaired) electrons. The molecule has 0 aliphatic heterocycles. The van der Waals surface area contributed by atoms with E-state index in [0.29, 0.717) is 12.5 Å². The number of aliphatic imine (C=N–C) groups is 1. The minimum atomic E-state index is -0.655. The van der Waals surface area contributed by atoms with Crippen molar-refractivity contribution in [2.24, 2.45) is 4.99 Å². The lowest BCUT2D eigenvalue weighted by atomic mass is 10.1. The van der Waals surface area contributed by atoms with Crippen molar-refractivity contribution in [3.05, 3.63) is 29.8 Å². The molecule has 0 aromatic heterocycles. The number of hydrogen-bond acceptors (Lipinski definition) is 5. The Labute approximate surface area is 186 Å². The Morgan fingerprint density at radius 2 is 1.86 bits per heavy atom. The van der Waals surface area contributed by atoms with E-state index in [1.54, 1.807) is 7.11 Å². The second-order valence-corrected chi connectivity index (χ2v) is 6.69. The van der Waals surface area contributed by atoms with E-state index < -0.39 is 6.10 Å². The van der Waals surface area contributed by atoms with Crippen LogP contribution in [0.2, 0.25) is 0 Å². The van der Waals surface area contributed by atoms with Crippen molar-refractivity contribution in [2.75, 3.05) is 53.5 Å². The molecular formula is C20H37IN4O3. The summed E-state index contributed by atoms with van der Waals surface area (Å²) in [5, 5.41) is 16.9. The van der Waals surface area contributed by atoms with Crippen molar-refractivity contribution in [3.8, 4) is 5.75 Å². The first-order chi connectivity index (χ1) is 13.0. The summed E-state index contributed by atoms with van der Waals surface area (Å²) in [5.41, 5.74) is 0.824. The third-order valence-corrected chi connectivity index (χ3v) is 3.87. The maximum absolute atomic E-state index is 10.4. The summed E-state index contributed by atoms with van der Waals surface area (Å²) in [6, 6.07) is 7.51. The first kappa shape index (κ1) is 26.9. The van der Waals surface area contributed by atoms with Crippen LogP contribution in [-0.2, 0) is 4.74 Å². The molecule has 0 spiro atoms. The Kier molecular flexibility index (Phi) is 15.2. The fourth-order valence-electron chi connectivity index (χ4n) is 2.39. The fourth-order valence-corrected chi connectivity index (χ4v) is 2.39. The average Bonchev–Trinajstić information content (AvgIpc) is 2.64. The van der Waals surface area contributed by atoms with Gasteiger partial charge in [0.05, 0.1) is 25.4 Å². The van der Waals surface area contributed by atoms with Crippen LogP contribution in [0.5, 0.6) is 5.75 Å². The Balaban J connectivity index is 0.00000729. The Morgan fingerprint density at radius 1 is 1.18 bits per heavy atom. The van der Waals surface area contributed by atoms with E-state index in [0.717, 1.165) is 44.1 Å². The van der Waals surface area contributed by atoms with Crippen LogP contribution in [0.25, 0.3) is 0 Å². The van der Waals surface area contributed by atoms with Crippen LogP contribution in [0, 0.1) is 0 Å². The van der Waals surface area contributed by atoms with Crippen molar-refractivity contribution in [1.82, 2.24) is 15.5 Å². The lowest BCUT2D eigenvalue weighted by Gasteiger charge is -2.18. The molecule has 1 unspecified atom stereocenters. The normalized spacial score (nSPS) is 12.6. The largest absolute Gasteiger partial charge is 0.491 e. The predicted molar refractivity (Wildman–Crippen MR) is 126 cm³/mol. The molecule has 0 fully saturated rings. The summed E-state index contributed by atoms with van der Waals surface area (Å²) in [7, 11) is 3.76. The van der Waals surface area contributed by atoms with Crippen LogP contribution in [0.15, 0.2) is 29.3 Å². The molecule has 7 nitrogen and oxygen atoms in total. The highest BCUT2D eigenvalue weighted by Crippen LogP contribution is 2.19. The van der Waals surface area contributed by atoms with Gasteiger partial charge in [-0.15, -0.1) is 24.0 Å². The zero-order valence-electron chi connectivity index (χ0n) is 17.8. The number of aliphatic hydroxyl groups excluding tert-OH is 1. The van der Waals surface area contributed by atoms with Gasteiger partial charge in [-0.2, -0.15) is 0 Å². The molecule has 1 aromatic rings. The molecule has 1 atom stereocenters. The first-order valence-electron chi connectivity index (χ1n) is 9.60.